The van der Waals surface area contributed by atoms with Crippen molar-refractivity contribution in [3.63, 3.8) is 0 Å². The van der Waals surface area contributed by atoms with Gasteiger partial charge >= 0.3 is 0 Å². The fourth-order valence-electron chi connectivity index (χ4n) is 2.68. The van der Waals surface area contributed by atoms with Crippen molar-refractivity contribution in [1.29, 1.82) is 0 Å². The molecule has 0 spiro atoms. The molecule has 0 aromatic heterocycles. The van der Waals surface area contributed by atoms with Crippen LogP contribution in [0.3, 0.4) is 0 Å². The molecule has 86 valence electrons. The van der Waals surface area contributed by atoms with E-state index in [4.69, 9.17) is 0 Å². The fraction of sp³-hybridized carbons (Fsp3) is 0.111. The molecule has 0 saturated carbocycles. The van der Waals surface area contributed by atoms with E-state index in [1.54, 1.807) is 0 Å². The van der Waals surface area contributed by atoms with Gasteiger partial charge in [0.25, 0.3) is 0 Å². The molecular formula is C18H14. The second kappa shape index (κ2) is 3.46. The van der Waals surface area contributed by atoms with E-state index in [0.717, 1.165) is 0 Å². The van der Waals surface area contributed by atoms with Gasteiger partial charge in [-0.2, -0.15) is 0 Å². The average molecular weight is 230 g/mol. The molecule has 0 heteroatoms. The van der Waals surface area contributed by atoms with Crippen LogP contribution in [0.2, 0.25) is 0 Å². The lowest BCUT2D eigenvalue weighted by molar-refractivity contribution is 0.920. The first-order chi connectivity index (χ1) is 8.81. The summed E-state index contributed by atoms with van der Waals surface area (Å²) in [5.41, 5.74) is 8.30. The third-order valence-electron chi connectivity index (χ3n) is 4.11. The maximum atomic E-state index is 2.31. The van der Waals surface area contributed by atoms with Gasteiger partial charge < -0.3 is 0 Å². The van der Waals surface area contributed by atoms with Crippen molar-refractivity contribution in [2.24, 2.45) is 0 Å². The SMILES string of the molecule is CC(c1ccc2c(c1)C=C2)c1ccc2c(c1)C=C2. The van der Waals surface area contributed by atoms with E-state index in [-0.39, 0.29) is 0 Å². The van der Waals surface area contributed by atoms with E-state index in [1.165, 1.54) is 33.4 Å². The van der Waals surface area contributed by atoms with Crippen molar-refractivity contribution in [3.8, 4) is 0 Å². The first-order valence-corrected chi connectivity index (χ1v) is 6.45. The summed E-state index contributed by atoms with van der Waals surface area (Å²) < 4.78 is 0. The average Bonchev–Trinajstić information content (AvgIpc) is 2.32. The third-order valence-corrected chi connectivity index (χ3v) is 4.11. The molecule has 2 aromatic carbocycles. The van der Waals surface area contributed by atoms with Crippen molar-refractivity contribution in [3.05, 3.63) is 69.8 Å². The molecule has 0 amide bonds. The van der Waals surface area contributed by atoms with Crippen LogP contribution in [0.5, 0.6) is 0 Å². The molecular weight excluding hydrogens is 216 g/mol. The molecule has 0 aliphatic heterocycles. The highest BCUT2D eigenvalue weighted by molar-refractivity contribution is 5.86. The van der Waals surface area contributed by atoms with Gasteiger partial charge in [0.2, 0.25) is 0 Å². The Morgan fingerprint density at radius 3 is 1.39 bits per heavy atom. The predicted octanol–water partition coefficient (Wildman–Crippen LogP) is 4.81. The molecule has 0 saturated heterocycles. The Balaban J connectivity index is 1.72. The molecule has 2 aromatic rings. The third kappa shape index (κ3) is 1.32. The number of fused-ring (bicyclic) bond motifs is 2. The van der Waals surface area contributed by atoms with Crippen molar-refractivity contribution in [1.82, 2.24) is 0 Å². The van der Waals surface area contributed by atoms with Gasteiger partial charge in [-0.15, -0.1) is 0 Å². The van der Waals surface area contributed by atoms with E-state index < -0.39 is 0 Å². The second-order valence-corrected chi connectivity index (χ2v) is 5.17. The monoisotopic (exact) mass is 230 g/mol. The Bertz CT molecular complexity index is 640. The Kier molecular flexibility index (Phi) is 1.90. The van der Waals surface area contributed by atoms with E-state index >= 15 is 0 Å². The van der Waals surface area contributed by atoms with Gasteiger partial charge in [-0.3, -0.25) is 0 Å². The minimum absolute atomic E-state index is 0.462. The molecule has 2 aliphatic carbocycles. The van der Waals surface area contributed by atoms with Crippen molar-refractivity contribution in [2.45, 2.75) is 12.8 Å². The quantitative estimate of drug-likeness (QED) is 0.463. The smallest absolute Gasteiger partial charge is 0.00614 e. The molecule has 0 atom stereocenters. The maximum Gasteiger partial charge on any atom is 0.00614 e. The van der Waals surface area contributed by atoms with Crippen LogP contribution in [0.15, 0.2) is 36.4 Å². The summed E-state index contributed by atoms with van der Waals surface area (Å²) in [7, 11) is 0. The molecule has 2 aliphatic rings. The van der Waals surface area contributed by atoms with Gasteiger partial charge in [0.15, 0.2) is 0 Å². The van der Waals surface area contributed by atoms with Crippen molar-refractivity contribution < 1.29 is 0 Å². The zero-order chi connectivity index (χ0) is 12.1. The molecule has 0 heterocycles. The molecule has 0 unspecified atom stereocenters. The highest BCUT2D eigenvalue weighted by Crippen LogP contribution is 2.33. The number of benzene rings is 2. The van der Waals surface area contributed by atoms with Gasteiger partial charge in [-0.05, 0) is 33.4 Å². The van der Waals surface area contributed by atoms with E-state index in [0.29, 0.717) is 5.92 Å². The van der Waals surface area contributed by atoms with Crippen LogP contribution in [0.1, 0.15) is 46.2 Å². The first kappa shape index (κ1) is 9.90. The van der Waals surface area contributed by atoms with Crippen LogP contribution in [-0.2, 0) is 0 Å². The maximum absolute atomic E-state index is 2.31. The zero-order valence-electron chi connectivity index (χ0n) is 10.4. The van der Waals surface area contributed by atoms with Crippen LogP contribution in [0.25, 0.3) is 24.3 Å². The van der Waals surface area contributed by atoms with E-state index in [1.807, 2.05) is 0 Å². The topological polar surface area (TPSA) is 0 Å². The van der Waals surface area contributed by atoms with Gasteiger partial charge in [0.1, 0.15) is 0 Å². The summed E-state index contributed by atoms with van der Waals surface area (Å²) in [4.78, 5) is 0. The highest BCUT2D eigenvalue weighted by Gasteiger charge is 2.14. The van der Waals surface area contributed by atoms with E-state index in [2.05, 4.69) is 67.6 Å². The van der Waals surface area contributed by atoms with Gasteiger partial charge in [0.05, 0.1) is 0 Å². The Labute approximate surface area is 107 Å². The highest BCUT2D eigenvalue weighted by atomic mass is 14.2. The lowest BCUT2D eigenvalue weighted by Gasteiger charge is -2.19. The standard InChI is InChI=1S/C18H14/c1-12(15-6-2-13-4-8-17(13)10-15)16-7-3-14-5-9-18(14)11-16/h2-12H,1H3. The van der Waals surface area contributed by atoms with Crippen molar-refractivity contribution in [2.75, 3.05) is 0 Å². The Hall–Kier alpha value is -2.08. The summed E-state index contributed by atoms with van der Waals surface area (Å²) >= 11 is 0. The van der Waals surface area contributed by atoms with Crippen LogP contribution in [0, 0.1) is 0 Å². The number of rotatable bonds is 2. The second-order valence-electron chi connectivity index (χ2n) is 5.17. The van der Waals surface area contributed by atoms with Gasteiger partial charge in [-0.1, -0.05) is 67.6 Å². The predicted molar refractivity (Wildman–Crippen MR) is 78.3 cm³/mol. The minimum Gasteiger partial charge on any atom is -0.0578 e. The number of hydrogen-bond acceptors (Lipinski definition) is 0. The van der Waals surface area contributed by atoms with Gasteiger partial charge in [0, 0.05) is 5.92 Å². The molecule has 0 N–H and O–H groups in total. The minimum atomic E-state index is 0.462. The summed E-state index contributed by atoms with van der Waals surface area (Å²) in [6, 6.07) is 13.6. The lowest BCUT2D eigenvalue weighted by Crippen LogP contribution is -2.01. The first-order valence-electron chi connectivity index (χ1n) is 6.45. The van der Waals surface area contributed by atoms with E-state index in [9.17, 15) is 0 Å². The van der Waals surface area contributed by atoms with Crippen LogP contribution in [0.4, 0.5) is 0 Å². The van der Waals surface area contributed by atoms with Crippen LogP contribution < -0.4 is 0 Å². The fourth-order valence-corrected chi connectivity index (χ4v) is 2.68. The summed E-state index contributed by atoms with van der Waals surface area (Å²) in [5.74, 6) is 0.462. The molecule has 0 bridgehead atoms. The molecule has 0 radical (unpaired) electrons. The zero-order valence-corrected chi connectivity index (χ0v) is 10.4. The number of hydrogen-bond donors (Lipinski definition) is 0. The summed E-state index contributed by atoms with van der Waals surface area (Å²) in [6.45, 7) is 2.29. The molecule has 0 fully saturated rings. The Morgan fingerprint density at radius 2 is 1.06 bits per heavy atom. The Morgan fingerprint density at radius 1 is 0.611 bits per heavy atom. The molecule has 4 rings (SSSR count). The van der Waals surface area contributed by atoms with Crippen LogP contribution >= 0.6 is 0 Å². The van der Waals surface area contributed by atoms with Crippen molar-refractivity contribution >= 4 is 24.3 Å². The molecule has 0 nitrogen and oxygen atoms in total. The largest absolute Gasteiger partial charge is 0.0578 e. The lowest BCUT2D eigenvalue weighted by atomic mass is 9.85. The summed E-state index contributed by atoms with van der Waals surface area (Å²) in [6.07, 6.45) is 8.71. The molecule has 18 heavy (non-hydrogen) atoms. The van der Waals surface area contributed by atoms with Crippen LogP contribution in [-0.4, -0.2) is 0 Å². The van der Waals surface area contributed by atoms with Gasteiger partial charge in [-0.25, -0.2) is 0 Å². The summed E-state index contributed by atoms with van der Waals surface area (Å²) in [5, 5.41) is 0. The normalized spacial score (nSPS) is 13.9.